The number of carbonyl (C=O) groups is 1. The minimum absolute atomic E-state index is 0.0268. The van der Waals surface area contributed by atoms with Crippen molar-refractivity contribution in [1.82, 2.24) is 19.7 Å². The lowest BCUT2D eigenvalue weighted by Crippen LogP contribution is -2.58. The summed E-state index contributed by atoms with van der Waals surface area (Å²) in [5.41, 5.74) is -0.900. The molecular formula is C15H13F5N4O2. The zero-order valence-electron chi connectivity index (χ0n) is 13.1. The van der Waals surface area contributed by atoms with E-state index in [4.69, 9.17) is 0 Å². The van der Waals surface area contributed by atoms with E-state index < -0.39 is 54.8 Å². The Labute approximate surface area is 143 Å². The van der Waals surface area contributed by atoms with E-state index in [0.29, 0.717) is 6.08 Å². The fourth-order valence-electron chi connectivity index (χ4n) is 2.59. The molecule has 0 radical (unpaired) electrons. The van der Waals surface area contributed by atoms with Gasteiger partial charge >= 0.3 is 6.18 Å². The van der Waals surface area contributed by atoms with Crippen LogP contribution < -0.4 is 0 Å². The molecule has 1 aliphatic carbocycles. The first-order valence-electron chi connectivity index (χ1n) is 7.48. The summed E-state index contributed by atoms with van der Waals surface area (Å²) < 4.78 is 65.0. The van der Waals surface area contributed by atoms with Gasteiger partial charge in [-0.15, -0.1) is 0 Å². The summed E-state index contributed by atoms with van der Waals surface area (Å²) in [6.45, 7) is -1.31. The number of likely N-dealkylation sites (tertiary alicyclic amines) is 1. The van der Waals surface area contributed by atoms with Gasteiger partial charge in [0.25, 0.3) is 5.92 Å². The highest BCUT2D eigenvalue weighted by Crippen LogP contribution is 2.37. The van der Waals surface area contributed by atoms with E-state index in [1.54, 1.807) is 0 Å². The van der Waals surface area contributed by atoms with Gasteiger partial charge in [-0.3, -0.25) is 4.79 Å². The van der Waals surface area contributed by atoms with Gasteiger partial charge in [0.1, 0.15) is 12.1 Å². The van der Waals surface area contributed by atoms with Crippen molar-refractivity contribution in [1.29, 1.82) is 0 Å². The number of halogens is 5. The second-order valence-corrected chi connectivity index (χ2v) is 6.02. The molecule has 1 N–H and O–H groups in total. The molecule has 0 saturated carbocycles. The van der Waals surface area contributed by atoms with E-state index in [-0.39, 0.29) is 5.82 Å². The summed E-state index contributed by atoms with van der Waals surface area (Å²) in [6, 6.07) is 0. The molecule has 6 nitrogen and oxygen atoms in total. The molecule has 3 rings (SSSR count). The van der Waals surface area contributed by atoms with Crippen LogP contribution in [0.25, 0.3) is 6.20 Å². The molecule has 11 heteroatoms. The summed E-state index contributed by atoms with van der Waals surface area (Å²) in [7, 11) is 0. The van der Waals surface area contributed by atoms with Crippen molar-refractivity contribution in [3.8, 4) is 0 Å². The van der Waals surface area contributed by atoms with Crippen LogP contribution in [0.5, 0.6) is 0 Å². The Bertz CT molecular complexity index is 801. The summed E-state index contributed by atoms with van der Waals surface area (Å²) in [5, 5.41) is 13.4. The number of allylic oxidation sites excluding steroid dienone is 3. The fourth-order valence-corrected chi connectivity index (χ4v) is 2.59. The Morgan fingerprint density at radius 1 is 1.35 bits per heavy atom. The molecule has 1 aromatic rings. The van der Waals surface area contributed by atoms with Crippen LogP contribution in [-0.4, -0.2) is 55.9 Å². The topological polar surface area (TPSA) is 71.2 Å². The molecule has 2 heterocycles. The minimum atomic E-state index is -4.57. The molecule has 0 aromatic carbocycles. The van der Waals surface area contributed by atoms with E-state index in [2.05, 4.69) is 10.1 Å². The van der Waals surface area contributed by atoms with Gasteiger partial charge in [-0.05, 0) is 18.6 Å². The summed E-state index contributed by atoms with van der Waals surface area (Å²) in [6.07, 6.45) is 0.198. The Kier molecular flexibility index (Phi) is 4.32. The van der Waals surface area contributed by atoms with Crippen LogP contribution in [0, 0.1) is 0 Å². The maximum atomic E-state index is 12.8. The smallest absolute Gasteiger partial charge is 0.412 e. The molecule has 1 amide bonds. The van der Waals surface area contributed by atoms with Crippen molar-refractivity contribution in [2.75, 3.05) is 13.1 Å². The number of hydrogen-bond acceptors (Lipinski definition) is 4. The fraction of sp³-hybridized carbons (Fsp3) is 0.400. The van der Waals surface area contributed by atoms with Gasteiger partial charge < -0.3 is 10.0 Å². The average molecular weight is 376 g/mol. The highest BCUT2D eigenvalue weighted by atomic mass is 19.4. The van der Waals surface area contributed by atoms with Crippen LogP contribution in [-0.2, 0) is 4.79 Å². The monoisotopic (exact) mass is 376 g/mol. The number of nitrogens with zero attached hydrogens (tertiary/aromatic N) is 4. The van der Waals surface area contributed by atoms with Crippen LogP contribution in [0.4, 0.5) is 22.0 Å². The van der Waals surface area contributed by atoms with E-state index in [1.165, 1.54) is 18.6 Å². The number of aromatic nitrogens is 3. The average Bonchev–Trinajstić information content (AvgIpc) is 2.97. The molecule has 1 aromatic heterocycles. The van der Waals surface area contributed by atoms with E-state index >= 15 is 0 Å². The second kappa shape index (κ2) is 6.22. The third-order valence-electron chi connectivity index (χ3n) is 3.88. The Morgan fingerprint density at radius 3 is 2.65 bits per heavy atom. The van der Waals surface area contributed by atoms with Gasteiger partial charge in [-0.25, -0.2) is 18.4 Å². The first kappa shape index (κ1) is 18.1. The molecule has 140 valence electrons. The summed E-state index contributed by atoms with van der Waals surface area (Å²) in [4.78, 5) is 16.5. The first-order chi connectivity index (χ1) is 12.0. The second-order valence-electron chi connectivity index (χ2n) is 6.02. The van der Waals surface area contributed by atoms with Crippen LogP contribution in [0.2, 0.25) is 0 Å². The lowest BCUT2D eigenvalue weighted by Gasteiger charge is -2.37. The number of carbonyl (C=O) groups excluding carboxylic acids is 1. The molecule has 0 spiro atoms. The maximum absolute atomic E-state index is 12.8. The third kappa shape index (κ3) is 3.92. The summed E-state index contributed by atoms with van der Waals surface area (Å²) >= 11 is 0. The number of amides is 1. The van der Waals surface area contributed by atoms with Crippen LogP contribution >= 0.6 is 0 Å². The van der Waals surface area contributed by atoms with Gasteiger partial charge in [0, 0.05) is 23.8 Å². The van der Waals surface area contributed by atoms with Crippen LogP contribution in [0.3, 0.4) is 0 Å². The van der Waals surface area contributed by atoms with Crippen molar-refractivity contribution < 1.29 is 31.9 Å². The predicted octanol–water partition coefficient (Wildman–Crippen LogP) is 2.64. The number of rotatable bonds is 3. The van der Waals surface area contributed by atoms with Crippen LogP contribution in [0.1, 0.15) is 18.2 Å². The van der Waals surface area contributed by atoms with Crippen molar-refractivity contribution in [2.45, 2.75) is 24.4 Å². The van der Waals surface area contributed by atoms with Gasteiger partial charge in [0.05, 0.1) is 13.1 Å². The maximum Gasteiger partial charge on any atom is 0.412 e. The lowest BCUT2D eigenvalue weighted by molar-refractivity contribution is -0.160. The number of aliphatic hydroxyl groups excluding tert-OH is 1. The number of alkyl halides is 5. The van der Waals surface area contributed by atoms with Gasteiger partial charge in [-0.1, -0.05) is 0 Å². The molecule has 1 unspecified atom stereocenters. The first-order valence-corrected chi connectivity index (χ1v) is 7.48. The highest BCUT2D eigenvalue weighted by molar-refractivity contribution is 5.90. The Hall–Kier alpha value is -2.72. The lowest BCUT2D eigenvalue weighted by atomic mass is 9.92. The molecule has 1 aliphatic heterocycles. The zero-order chi connectivity index (χ0) is 19.1. The van der Waals surface area contributed by atoms with Gasteiger partial charge in [0.15, 0.2) is 5.82 Å². The Balaban J connectivity index is 1.66. The quantitative estimate of drug-likeness (QED) is 0.650. The predicted molar refractivity (Wildman–Crippen MR) is 79.1 cm³/mol. The van der Waals surface area contributed by atoms with Crippen molar-refractivity contribution >= 4 is 12.1 Å². The standard InChI is InChI=1S/C15H13F5N4O2/c16-14(17)6-23(7-14)12(26)1-2-24-8-21-13(22-24)9-3-10(15(18,19)20)5-11(25)4-9/h1-2,4-5,8-9,25H,3,6-7H2/b2-1-. The third-order valence-corrected chi connectivity index (χ3v) is 3.88. The number of hydrogen-bond donors (Lipinski definition) is 1. The zero-order valence-corrected chi connectivity index (χ0v) is 13.1. The molecular weight excluding hydrogens is 363 g/mol. The molecule has 0 bridgehead atoms. The largest absolute Gasteiger partial charge is 0.508 e. The molecule has 26 heavy (non-hydrogen) atoms. The van der Waals surface area contributed by atoms with Gasteiger partial charge in [-0.2, -0.15) is 18.3 Å². The highest BCUT2D eigenvalue weighted by Gasteiger charge is 2.45. The molecule has 1 fully saturated rings. The Morgan fingerprint density at radius 2 is 2.04 bits per heavy atom. The van der Waals surface area contributed by atoms with E-state index in [0.717, 1.165) is 15.7 Å². The molecule has 1 atom stereocenters. The minimum Gasteiger partial charge on any atom is -0.508 e. The van der Waals surface area contributed by atoms with E-state index in [9.17, 15) is 31.9 Å². The van der Waals surface area contributed by atoms with E-state index in [1.807, 2.05) is 0 Å². The van der Waals surface area contributed by atoms with Gasteiger partial charge in [0.2, 0.25) is 5.91 Å². The van der Waals surface area contributed by atoms with Crippen molar-refractivity contribution in [3.05, 3.63) is 41.7 Å². The summed E-state index contributed by atoms with van der Waals surface area (Å²) in [5.74, 6) is -4.89. The van der Waals surface area contributed by atoms with Crippen LogP contribution in [0.15, 0.2) is 35.9 Å². The number of aliphatic hydroxyl groups is 1. The molecule has 2 aliphatic rings. The van der Waals surface area contributed by atoms with Crippen molar-refractivity contribution in [3.63, 3.8) is 0 Å². The molecule has 1 saturated heterocycles. The SMILES string of the molecule is O=C(/C=C\n1cnc(C2C=C(O)C=C(C(F)(F)F)C2)n1)N1CC(F)(F)C1. The normalized spacial score (nSPS) is 22.8. The van der Waals surface area contributed by atoms with Crippen molar-refractivity contribution in [2.24, 2.45) is 0 Å².